The van der Waals surface area contributed by atoms with Crippen LogP contribution in [0.25, 0.3) is 0 Å². The molecule has 4 nitrogen and oxygen atoms in total. The molecule has 0 N–H and O–H groups in total. The van der Waals surface area contributed by atoms with Crippen LogP contribution in [0.4, 0.5) is 18.9 Å². The number of anilines is 1. The van der Waals surface area contributed by atoms with Gasteiger partial charge in [0.2, 0.25) is 6.19 Å². The number of amidine groups is 1. The fraction of sp³-hybridized carbons (Fsp3) is 0.176. The Bertz CT molecular complexity index is 867. The van der Waals surface area contributed by atoms with Crippen molar-refractivity contribution < 1.29 is 17.9 Å². The Morgan fingerprint density at radius 1 is 1.22 bits per heavy atom. The van der Waals surface area contributed by atoms with E-state index in [4.69, 9.17) is 21.8 Å². The fourth-order valence-electron chi connectivity index (χ4n) is 2.04. The molecule has 0 atom stereocenters. The Hall–Kier alpha value is -2.02. The van der Waals surface area contributed by atoms with Gasteiger partial charge in [0.15, 0.2) is 5.17 Å². The lowest BCUT2D eigenvalue weighted by Crippen LogP contribution is -2.18. The van der Waals surface area contributed by atoms with Gasteiger partial charge in [-0.15, -0.1) is 4.99 Å². The number of aliphatic imine (C=N–C) groups is 1. The maximum atomic E-state index is 13.6. The number of alkyl halides is 3. The van der Waals surface area contributed by atoms with Crippen molar-refractivity contribution in [2.24, 2.45) is 4.99 Å². The molecule has 2 aromatic carbocycles. The minimum absolute atomic E-state index is 0.0319. The van der Waals surface area contributed by atoms with Crippen molar-refractivity contribution in [2.75, 3.05) is 17.8 Å². The third kappa shape index (κ3) is 5.48. The van der Waals surface area contributed by atoms with E-state index in [0.29, 0.717) is 10.6 Å². The topological polar surface area (TPSA) is 48.6 Å². The van der Waals surface area contributed by atoms with E-state index in [2.05, 4.69) is 4.99 Å². The number of ether oxygens (including phenoxy) is 1. The lowest BCUT2D eigenvalue weighted by atomic mass is 10.2. The van der Waals surface area contributed by atoms with Crippen LogP contribution in [0, 0.1) is 11.5 Å². The Labute approximate surface area is 168 Å². The first-order valence-electron chi connectivity index (χ1n) is 7.30. The summed E-state index contributed by atoms with van der Waals surface area (Å²) >= 11 is 8.09. The highest BCUT2D eigenvalue weighted by Crippen LogP contribution is 2.42. The molecule has 0 heterocycles. The van der Waals surface area contributed by atoms with Crippen LogP contribution in [0.3, 0.4) is 0 Å². The number of thioether (sulfide) groups is 1. The summed E-state index contributed by atoms with van der Waals surface area (Å²) in [7, 11) is 1.51. The van der Waals surface area contributed by atoms with E-state index in [9.17, 15) is 13.2 Å². The number of hydrogen-bond acceptors (Lipinski definition) is 5. The molecule has 0 saturated heterocycles. The van der Waals surface area contributed by atoms with E-state index in [0.717, 1.165) is 34.0 Å². The number of hydrogen-bond donors (Lipinski definition) is 0. The lowest BCUT2D eigenvalue weighted by molar-refractivity contribution is -0.139. The van der Waals surface area contributed by atoms with Crippen LogP contribution in [0.2, 0.25) is 0 Å². The Morgan fingerprint density at radius 3 is 2.41 bits per heavy atom. The van der Waals surface area contributed by atoms with Crippen molar-refractivity contribution in [1.82, 2.24) is 0 Å². The average molecular weight is 432 g/mol. The molecule has 0 aliphatic carbocycles. The van der Waals surface area contributed by atoms with E-state index in [1.54, 1.807) is 36.7 Å². The summed E-state index contributed by atoms with van der Waals surface area (Å²) in [5.41, 5.74) is -0.768. The molecular formula is C17H13ClF3N3OS2. The van der Waals surface area contributed by atoms with Crippen molar-refractivity contribution in [2.45, 2.75) is 16.0 Å². The van der Waals surface area contributed by atoms with Crippen LogP contribution < -0.4 is 9.16 Å². The largest absolute Gasteiger partial charge is 0.497 e. The van der Waals surface area contributed by atoms with Crippen molar-refractivity contribution in [1.29, 1.82) is 5.26 Å². The molecule has 0 radical (unpaired) electrons. The molecule has 2 aromatic rings. The predicted molar refractivity (Wildman–Crippen MR) is 103 cm³/mol. The molecule has 27 heavy (non-hydrogen) atoms. The average Bonchev–Trinajstić information content (AvgIpc) is 2.65. The number of methoxy groups -OCH3 is 1. The fourth-order valence-corrected chi connectivity index (χ4v) is 3.74. The quantitative estimate of drug-likeness (QED) is 0.256. The first-order chi connectivity index (χ1) is 12.8. The molecule has 0 bridgehead atoms. The molecule has 2 rings (SSSR count). The van der Waals surface area contributed by atoms with Gasteiger partial charge in [-0.2, -0.15) is 18.4 Å². The number of nitriles is 1. The van der Waals surface area contributed by atoms with Gasteiger partial charge in [-0.05, 0) is 48.7 Å². The molecule has 0 unspecified atom stereocenters. The molecule has 0 spiro atoms. The number of rotatable bonds is 4. The molecular weight excluding hydrogens is 419 g/mol. The summed E-state index contributed by atoms with van der Waals surface area (Å²) in [6.07, 6.45) is -1.39. The smallest absolute Gasteiger partial charge is 0.417 e. The van der Waals surface area contributed by atoms with E-state index in [-0.39, 0.29) is 15.8 Å². The second kappa shape index (κ2) is 9.26. The van der Waals surface area contributed by atoms with Crippen molar-refractivity contribution in [3.63, 3.8) is 0 Å². The Kier molecular flexibility index (Phi) is 7.30. The zero-order valence-corrected chi connectivity index (χ0v) is 16.5. The second-order valence-electron chi connectivity index (χ2n) is 4.94. The summed E-state index contributed by atoms with van der Waals surface area (Å²) in [6.45, 7) is 0. The maximum Gasteiger partial charge on any atom is 0.417 e. The maximum absolute atomic E-state index is 13.6. The van der Waals surface area contributed by atoms with Gasteiger partial charge in [-0.25, -0.2) is 4.42 Å². The third-order valence-corrected chi connectivity index (χ3v) is 5.46. The zero-order chi connectivity index (χ0) is 20.0. The highest BCUT2D eigenvalue weighted by Gasteiger charge is 2.34. The van der Waals surface area contributed by atoms with Gasteiger partial charge in [-0.1, -0.05) is 23.5 Å². The van der Waals surface area contributed by atoms with Gasteiger partial charge in [0.1, 0.15) is 5.75 Å². The van der Waals surface area contributed by atoms with Crippen LogP contribution in [-0.4, -0.2) is 18.5 Å². The van der Waals surface area contributed by atoms with Gasteiger partial charge >= 0.3 is 6.18 Å². The SMILES string of the molecule is COc1ccc(Sc2ccc(N(Cl)C(=NC#N)SC)cc2C(F)(F)F)cc1. The van der Waals surface area contributed by atoms with Crippen LogP contribution in [0.15, 0.2) is 57.2 Å². The van der Waals surface area contributed by atoms with Crippen LogP contribution in [-0.2, 0) is 6.18 Å². The molecule has 142 valence electrons. The van der Waals surface area contributed by atoms with Gasteiger partial charge < -0.3 is 4.74 Å². The summed E-state index contributed by atoms with van der Waals surface area (Å²) in [5, 5.41) is 8.74. The molecule has 0 fully saturated rings. The van der Waals surface area contributed by atoms with Gasteiger partial charge in [0, 0.05) is 21.6 Å². The minimum Gasteiger partial charge on any atom is -0.497 e. The van der Waals surface area contributed by atoms with E-state index in [1.165, 1.54) is 19.2 Å². The normalized spacial score (nSPS) is 11.8. The van der Waals surface area contributed by atoms with Crippen molar-refractivity contribution in [3.05, 3.63) is 48.0 Å². The molecule has 0 aromatic heterocycles. The second-order valence-corrected chi connectivity index (χ2v) is 7.16. The first kappa shape index (κ1) is 21.3. The third-order valence-electron chi connectivity index (χ3n) is 3.28. The van der Waals surface area contributed by atoms with Gasteiger partial charge in [0.05, 0.1) is 18.4 Å². The van der Waals surface area contributed by atoms with E-state index in [1.807, 2.05) is 0 Å². The predicted octanol–water partition coefficient (Wildman–Crippen LogP) is 6.03. The van der Waals surface area contributed by atoms with Gasteiger partial charge in [-0.3, -0.25) is 0 Å². The van der Waals surface area contributed by atoms with E-state index >= 15 is 0 Å². The van der Waals surface area contributed by atoms with Crippen LogP contribution in [0.5, 0.6) is 5.75 Å². The van der Waals surface area contributed by atoms with Crippen molar-refractivity contribution >= 4 is 46.2 Å². The number of benzene rings is 2. The monoisotopic (exact) mass is 431 g/mol. The summed E-state index contributed by atoms with van der Waals surface area (Å²) in [6, 6.07) is 10.4. The van der Waals surface area contributed by atoms with Gasteiger partial charge in [0.25, 0.3) is 0 Å². The van der Waals surface area contributed by atoms with E-state index < -0.39 is 11.7 Å². The van der Waals surface area contributed by atoms with Crippen molar-refractivity contribution in [3.8, 4) is 11.9 Å². The highest BCUT2D eigenvalue weighted by atomic mass is 35.5. The standard InChI is InChI=1S/C17H13ClF3N3OS2/c1-25-12-4-6-13(7-5-12)27-15-8-3-11(9-14(15)17(19,20)21)24(18)16(26-2)23-10-22/h3-9H,1-2H3. The lowest BCUT2D eigenvalue weighted by Gasteiger charge is -2.19. The highest BCUT2D eigenvalue weighted by molar-refractivity contribution is 8.13. The van der Waals surface area contributed by atoms with Crippen LogP contribution >= 0.6 is 35.3 Å². The zero-order valence-electron chi connectivity index (χ0n) is 14.1. The number of nitrogens with zero attached hydrogens (tertiary/aromatic N) is 3. The Balaban J connectivity index is 2.41. The molecule has 0 amide bonds. The molecule has 0 aliphatic rings. The summed E-state index contributed by atoms with van der Waals surface area (Å²) in [4.78, 5) is 4.16. The minimum atomic E-state index is -4.57. The van der Waals surface area contributed by atoms with Crippen LogP contribution in [0.1, 0.15) is 5.56 Å². The molecule has 10 heteroatoms. The molecule has 0 saturated carbocycles. The number of halogens is 4. The summed E-state index contributed by atoms with van der Waals surface area (Å²) < 4.78 is 46.7. The Morgan fingerprint density at radius 2 is 1.89 bits per heavy atom. The first-order valence-corrected chi connectivity index (χ1v) is 9.68. The summed E-state index contributed by atoms with van der Waals surface area (Å²) in [5.74, 6) is 0.616. The molecule has 0 aliphatic heterocycles.